The van der Waals surface area contributed by atoms with Crippen molar-refractivity contribution in [3.05, 3.63) is 56.1 Å². The number of fused-ring (bicyclic) bond motifs is 1. The first kappa shape index (κ1) is 13.8. The molecule has 0 radical (unpaired) electrons. The highest BCUT2D eigenvalue weighted by Gasteiger charge is 2.09. The summed E-state index contributed by atoms with van der Waals surface area (Å²) in [5, 5.41) is 3.45. The summed E-state index contributed by atoms with van der Waals surface area (Å²) in [7, 11) is 0. The lowest BCUT2D eigenvalue weighted by atomic mass is 10.2. The molecular formula is C14H8ClIN2OS. The van der Waals surface area contributed by atoms with E-state index >= 15 is 0 Å². The Labute approximate surface area is 138 Å². The van der Waals surface area contributed by atoms with Gasteiger partial charge in [0.05, 0.1) is 20.7 Å². The van der Waals surface area contributed by atoms with Gasteiger partial charge in [0, 0.05) is 14.8 Å². The molecule has 0 bridgehead atoms. The van der Waals surface area contributed by atoms with Gasteiger partial charge in [0.2, 0.25) is 0 Å². The topological polar surface area (TPSA) is 42.0 Å². The van der Waals surface area contributed by atoms with E-state index in [1.165, 1.54) is 0 Å². The third-order valence-corrected chi connectivity index (χ3v) is 5.13. The lowest BCUT2D eigenvalue weighted by Crippen LogP contribution is -2.11. The van der Waals surface area contributed by atoms with E-state index in [2.05, 4.69) is 32.9 Å². The number of hydrogen-bond donors (Lipinski definition) is 1. The van der Waals surface area contributed by atoms with Crippen LogP contribution in [0.5, 0.6) is 0 Å². The van der Waals surface area contributed by atoms with E-state index in [1.54, 1.807) is 29.0 Å². The van der Waals surface area contributed by atoms with E-state index < -0.39 is 0 Å². The molecule has 6 heteroatoms. The quantitative estimate of drug-likeness (QED) is 0.612. The Bertz CT molecular complexity index is 803. The normalized spacial score (nSPS) is 10.7. The van der Waals surface area contributed by atoms with Gasteiger partial charge in [0.25, 0.3) is 5.91 Å². The van der Waals surface area contributed by atoms with Crippen molar-refractivity contribution in [3.8, 4) is 0 Å². The fraction of sp³-hybridized carbons (Fsp3) is 0. The largest absolute Gasteiger partial charge is 0.322 e. The lowest BCUT2D eigenvalue weighted by molar-refractivity contribution is 0.102. The van der Waals surface area contributed by atoms with Crippen LogP contribution in [0, 0.1) is 3.57 Å². The summed E-state index contributed by atoms with van der Waals surface area (Å²) >= 11 is 9.70. The number of anilines is 1. The molecule has 3 nitrogen and oxygen atoms in total. The molecule has 3 rings (SSSR count). The van der Waals surface area contributed by atoms with Crippen molar-refractivity contribution in [2.24, 2.45) is 0 Å². The molecule has 0 spiro atoms. The Balaban J connectivity index is 1.85. The van der Waals surface area contributed by atoms with Gasteiger partial charge >= 0.3 is 0 Å². The van der Waals surface area contributed by atoms with Crippen molar-refractivity contribution in [2.45, 2.75) is 0 Å². The number of nitrogens with zero attached hydrogens (tertiary/aromatic N) is 1. The van der Waals surface area contributed by atoms with E-state index in [0.717, 1.165) is 19.5 Å². The van der Waals surface area contributed by atoms with Gasteiger partial charge in [-0.15, -0.1) is 11.3 Å². The van der Waals surface area contributed by atoms with Crippen molar-refractivity contribution >= 4 is 67.3 Å². The van der Waals surface area contributed by atoms with Crippen LogP contribution in [-0.4, -0.2) is 10.9 Å². The number of halogens is 2. The van der Waals surface area contributed by atoms with Crippen LogP contribution in [0.3, 0.4) is 0 Å². The van der Waals surface area contributed by atoms with Crippen molar-refractivity contribution in [3.63, 3.8) is 0 Å². The third-order valence-electron chi connectivity index (χ3n) is 2.77. The zero-order valence-electron chi connectivity index (χ0n) is 10.1. The van der Waals surface area contributed by atoms with Gasteiger partial charge in [-0.05, 0) is 59.0 Å². The predicted octanol–water partition coefficient (Wildman–Crippen LogP) is 4.81. The van der Waals surface area contributed by atoms with Crippen LogP contribution < -0.4 is 5.32 Å². The van der Waals surface area contributed by atoms with Gasteiger partial charge in [-0.3, -0.25) is 4.79 Å². The third kappa shape index (κ3) is 2.79. The van der Waals surface area contributed by atoms with Crippen molar-refractivity contribution in [1.29, 1.82) is 0 Å². The summed E-state index contributed by atoms with van der Waals surface area (Å²) in [6.07, 6.45) is 0. The van der Waals surface area contributed by atoms with Crippen molar-refractivity contribution in [1.82, 2.24) is 4.98 Å². The fourth-order valence-corrected chi connectivity index (χ4v) is 3.01. The van der Waals surface area contributed by atoms with Gasteiger partial charge in [-0.1, -0.05) is 11.6 Å². The summed E-state index contributed by atoms with van der Waals surface area (Å²) in [5.74, 6) is -0.174. The number of thiazole rings is 1. The molecule has 0 saturated heterocycles. The molecule has 2 aromatic carbocycles. The van der Waals surface area contributed by atoms with E-state index in [9.17, 15) is 4.79 Å². The molecule has 0 atom stereocenters. The second kappa shape index (κ2) is 5.67. The highest BCUT2D eigenvalue weighted by Crippen LogP contribution is 2.23. The number of hydrogen-bond acceptors (Lipinski definition) is 3. The average molecular weight is 415 g/mol. The first-order chi connectivity index (χ1) is 9.63. The zero-order valence-corrected chi connectivity index (χ0v) is 13.8. The molecule has 0 fully saturated rings. The number of aromatic nitrogens is 1. The van der Waals surface area contributed by atoms with Gasteiger partial charge in [0.1, 0.15) is 0 Å². The van der Waals surface area contributed by atoms with E-state index in [-0.39, 0.29) is 5.91 Å². The van der Waals surface area contributed by atoms with Gasteiger partial charge < -0.3 is 5.32 Å². The van der Waals surface area contributed by atoms with Crippen LogP contribution in [0.4, 0.5) is 5.69 Å². The molecule has 0 aliphatic heterocycles. The maximum Gasteiger partial charge on any atom is 0.255 e. The Morgan fingerprint density at radius 2 is 2.10 bits per heavy atom. The smallest absolute Gasteiger partial charge is 0.255 e. The number of amides is 1. The molecule has 0 saturated carbocycles. The van der Waals surface area contributed by atoms with E-state index in [0.29, 0.717) is 10.6 Å². The number of benzene rings is 2. The summed E-state index contributed by atoms with van der Waals surface area (Å²) in [5.41, 5.74) is 4.02. The molecule has 0 aliphatic rings. The van der Waals surface area contributed by atoms with Gasteiger partial charge in [-0.25, -0.2) is 4.98 Å². The Morgan fingerprint density at radius 1 is 1.25 bits per heavy atom. The maximum atomic E-state index is 12.2. The lowest BCUT2D eigenvalue weighted by Gasteiger charge is -2.06. The second-order valence-electron chi connectivity index (χ2n) is 4.12. The Hall–Kier alpha value is -1.18. The summed E-state index contributed by atoms with van der Waals surface area (Å²) in [6, 6.07) is 10.9. The number of rotatable bonds is 2. The molecule has 1 aromatic heterocycles. The minimum absolute atomic E-state index is 0.174. The minimum atomic E-state index is -0.174. The molecule has 3 aromatic rings. The molecule has 0 unspecified atom stereocenters. The van der Waals surface area contributed by atoms with Crippen LogP contribution in [0.2, 0.25) is 5.02 Å². The van der Waals surface area contributed by atoms with Crippen molar-refractivity contribution in [2.75, 3.05) is 5.32 Å². The van der Waals surface area contributed by atoms with Crippen molar-refractivity contribution < 1.29 is 4.79 Å². The Kier molecular flexibility index (Phi) is 3.91. The van der Waals surface area contributed by atoms with Crippen LogP contribution in [0.25, 0.3) is 10.2 Å². The maximum absolute atomic E-state index is 12.2. The predicted molar refractivity (Wildman–Crippen MR) is 91.7 cm³/mol. The fourth-order valence-electron chi connectivity index (χ4n) is 1.77. The Morgan fingerprint density at radius 3 is 2.90 bits per heavy atom. The highest BCUT2D eigenvalue weighted by molar-refractivity contribution is 14.1. The van der Waals surface area contributed by atoms with Crippen LogP contribution in [0.1, 0.15) is 10.4 Å². The van der Waals surface area contributed by atoms with Gasteiger partial charge in [0.15, 0.2) is 0 Å². The first-order valence-electron chi connectivity index (χ1n) is 5.73. The minimum Gasteiger partial charge on any atom is -0.322 e. The first-order valence-corrected chi connectivity index (χ1v) is 8.07. The molecule has 1 heterocycles. The van der Waals surface area contributed by atoms with Crippen LogP contribution in [0.15, 0.2) is 41.9 Å². The standard InChI is InChI=1S/C14H8ClIN2OS/c15-10-5-8(1-3-11(10)16)14(19)18-9-2-4-12-13(6-9)20-7-17-12/h1-7H,(H,18,19). The second-order valence-corrected chi connectivity index (χ2v) is 6.57. The highest BCUT2D eigenvalue weighted by atomic mass is 127. The zero-order chi connectivity index (χ0) is 14.1. The van der Waals surface area contributed by atoms with Crippen LogP contribution >= 0.6 is 45.5 Å². The van der Waals surface area contributed by atoms with E-state index in [4.69, 9.17) is 11.6 Å². The molecular weight excluding hydrogens is 407 g/mol. The molecule has 100 valence electrons. The molecule has 1 N–H and O–H groups in total. The number of carbonyl (C=O) groups is 1. The molecule has 0 aliphatic carbocycles. The summed E-state index contributed by atoms with van der Waals surface area (Å²) in [6.45, 7) is 0. The molecule has 20 heavy (non-hydrogen) atoms. The molecule has 1 amide bonds. The van der Waals surface area contributed by atoms with E-state index in [1.807, 2.05) is 24.3 Å². The summed E-state index contributed by atoms with van der Waals surface area (Å²) in [4.78, 5) is 16.4. The summed E-state index contributed by atoms with van der Waals surface area (Å²) < 4.78 is 1.97. The monoisotopic (exact) mass is 414 g/mol. The van der Waals surface area contributed by atoms with Crippen LogP contribution in [-0.2, 0) is 0 Å². The van der Waals surface area contributed by atoms with Gasteiger partial charge in [-0.2, -0.15) is 0 Å². The SMILES string of the molecule is O=C(Nc1ccc2ncsc2c1)c1ccc(I)c(Cl)c1. The average Bonchev–Trinajstić information content (AvgIpc) is 2.89. The number of nitrogens with one attached hydrogen (secondary N) is 1. The number of carbonyl (C=O) groups excluding carboxylic acids is 1.